The molecule has 0 spiro atoms. The highest BCUT2D eigenvalue weighted by atomic mass is 35.5. The molecule has 6 rings (SSSR count). The number of carbonyl (C=O) groups is 2. The average molecular weight is 829 g/mol. The molecule has 1 fully saturated rings. The maximum absolute atomic E-state index is 14.1. The van der Waals surface area contributed by atoms with E-state index in [0.717, 1.165) is 48.7 Å². The number of aldehydes is 1. The summed E-state index contributed by atoms with van der Waals surface area (Å²) in [6.45, 7) is 6.97. The molecule has 1 amide bonds. The van der Waals surface area contributed by atoms with Gasteiger partial charge < -0.3 is 34.0 Å². The predicted molar refractivity (Wildman–Crippen MR) is 227 cm³/mol. The molecule has 3 aromatic rings. The molecule has 1 heterocycles. The first kappa shape index (κ1) is 43.9. The van der Waals surface area contributed by atoms with E-state index in [-0.39, 0.29) is 63.1 Å². The van der Waals surface area contributed by atoms with Gasteiger partial charge >= 0.3 is 6.09 Å². The molecule has 6 atom stereocenters. The first-order valence-corrected chi connectivity index (χ1v) is 21.4. The van der Waals surface area contributed by atoms with Crippen molar-refractivity contribution in [1.29, 1.82) is 0 Å². The number of benzene rings is 3. The van der Waals surface area contributed by atoms with E-state index in [2.05, 4.69) is 12.7 Å². The molecule has 1 aliphatic heterocycles. The summed E-state index contributed by atoms with van der Waals surface area (Å²) >= 11 is 6.02. The third-order valence-corrected chi connectivity index (χ3v) is 11.7. The van der Waals surface area contributed by atoms with Gasteiger partial charge in [-0.3, -0.25) is 9.69 Å². The summed E-state index contributed by atoms with van der Waals surface area (Å²) in [4.78, 5) is 33.6. The number of unbranched alkanes of at least 4 members (excludes halogenated alkanes) is 2. The molecule has 2 N–H and O–H groups in total. The number of oxime groups is 1. The number of halogens is 1. The van der Waals surface area contributed by atoms with Crippen molar-refractivity contribution >= 4 is 29.7 Å². The predicted octanol–water partition coefficient (Wildman–Crippen LogP) is 9.21. The molecule has 0 saturated heterocycles. The van der Waals surface area contributed by atoms with Gasteiger partial charge in [-0.15, -0.1) is 18.2 Å². The number of hydrogen-bond acceptors (Lipinski definition) is 10. The third kappa shape index (κ3) is 10.2. The van der Waals surface area contributed by atoms with Crippen molar-refractivity contribution in [2.75, 3.05) is 38.9 Å². The third-order valence-electron chi connectivity index (χ3n) is 11.5. The van der Waals surface area contributed by atoms with Gasteiger partial charge in [-0.05, 0) is 85.4 Å². The van der Waals surface area contributed by atoms with Crippen molar-refractivity contribution < 1.29 is 43.6 Å². The number of aliphatic hydroxyl groups excluding tert-OH is 2. The second kappa shape index (κ2) is 21.5. The van der Waals surface area contributed by atoms with Crippen LogP contribution in [0.3, 0.4) is 0 Å². The van der Waals surface area contributed by atoms with E-state index in [9.17, 15) is 19.8 Å². The summed E-state index contributed by atoms with van der Waals surface area (Å²) in [6, 6.07) is 21.9. The average Bonchev–Trinajstić information content (AvgIpc) is 3.26. The fourth-order valence-electron chi connectivity index (χ4n) is 9.08. The molecule has 59 heavy (non-hydrogen) atoms. The maximum Gasteiger partial charge on any atom is 0.410 e. The molecule has 2 aliphatic carbocycles. The Labute approximate surface area is 352 Å². The minimum absolute atomic E-state index is 0.0325. The van der Waals surface area contributed by atoms with Gasteiger partial charge in [0.2, 0.25) is 5.79 Å². The Morgan fingerprint density at radius 3 is 2.53 bits per heavy atom. The second-order valence-corrected chi connectivity index (χ2v) is 15.7. The van der Waals surface area contributed by atoms with E-state index < -0.39 is 23.8 Å². The van der Waals surface area contributed by atoms with Crippen LogP contribution in [0.4, 0.5) is 4.79 Å². The van der Waals surface area contributed by atoms with Crippen molar-refractivity contribution in [3.05, 3.63) is 114 Å². The SMILES string of the molecule is C=CCO[C@@]12Oc3ccc(Oc4cccc(C=O)c4)cc3[C@H]3[C@H](CCCCO)[C@@H](CCCCO)C=C(C(=NOCc4ccccc4)C[C@@H]1N(CCC)C(=O)OCCCl)[C@H]32. The molecule has 316 valence electrons. The van der Waals surface area contributed by atoms with Crippen LogP contribution in [0.25, 0.3) is 0 Å². The van der Waals surface area contributed by atoms with Crippen LogP contribution >= 0.6 is 11.6 Å². The van der Waals surface area contributed by atoms with E-state index in [1.54, 1.807) is 29.2 Å². The van der Waals surface area contributed by atoms with Crippen molar-refractivity contribution in [3.8, 4) is 17.2 Å². The van der Waals surface area contributed by atoms with E-state index >= 15 is 0 Å². The Bertz CT molecular complexity index is 1920. The van der Waals surface area contributed by atoms with E-state index in [0.29, 0.717) is 54.3 Å². The molecule has 1 saturated carbocycles. The van der Waals surface area contributed by atoms with E-state index in [4.69, 9.17) is 40.5 Å². The van der Waals surface area contributed by atoms with Crippen molar-refractivity contribution in [3.63, 3.8) is 0 Å². The van der Waals surface area contributed by atoms with Gasteiger partial charge in [0.05, 0.1) is 24.1 Å². The van der Waals surface area contributed by atoms with Gasteiger partial charge in [-0.25, -0.2) is 4.79 Å². The second-order valence-electron chi connectivity index (χ2n) is 15.3. The largest absolute Gasteiger partial charge is 0.459 e. The highest BCUT2D eigenvalue weighted by Gasteiger charge is 2.65. The van der Waals surface area contributed by atoms with Crippen LogP contribution in [-0.4, -0.2) is 83.9 Å². The molecule has 0 bridgehead atoms. The number of rotatable bonds is 22. The van der Waals surface area contributed by atoms with Crippen LogP contribution in [0.2, 0.25) is 0 Å². The first-order valence-electron chi connectivity index (χ1n) is 20.9. The first-order chi connectivity index (χ1) is 28.9. The number of amides is 1. The summed E-state index contributed by atoms with van der Waals surface area (Å²) in [6.07, 6.45) is 9.66. The maximum atomic E-state index is 14.1. The summed E-state index contributed by atoms with van der Waals surface area (Å²) < 4.78 is 26.4. The van der Waals surface area contributed by atoms with Crippen LogP contribution in [0.5, 0.6) is 17.2 Å². The Balaban J connectivity index is 1.57. The highest BCUT2D eigenvalue weighted by Crippen LogP contribution is 2.62. The number of nitrogens with zero attached hydrogens (tertiary/aromatic N) is 2. The van der Waals surface area contributed by atoms with Gasteiger partial charge in [0, 0.05) is 43.2 Å². The van der Waals surface area contributed by atoms with Crippen molar-refractivity contribution in [2.24, 2.45) is 22.9 Å². The fraction of sp³-hybridized carbons (Fsp3) is 0.468. The smallest absolute Gasteiger partial charge is 0.410 e. The summed E-state index contributed by atoms with van der Waals surface area (Å²) in [5.74, 6) is -0.219. The normalized spacial score (nSPS) is 23.6. The van der Waals surface area contributed by atoms with Crippen LogP contribution in [0.1, 0.15) is 85.7 Å². The number of hydrogen-bond donors (Lipinski definition) is 2. The Morgan fingerprint density at radius 2 is 1.80 bits per heavy atom. The molecule has 0 unspecified atom stereocenters. The molecule has 0 radical (unpaired) electrons. The van der Waals surface area contributed by atoms with Crippen LogP contribution in [0.15, 0.2) is 102 Å². The van der Waals surface area contributed by atoms with Crippen molar-refractivity contribution in [1.82, 2.24) is 4.90 Å². The van der Waals surface area contributed by atoms with Gasteiger partial charge in [0.1, 0.15) is 42.8 Å². The van der Waals surface area contributed by atoms with Crippen LogP contribution in [-0.2, 0) is 20.9 Å². The molecule has 11 nitrogen and oxygen atoms in total. The summed E-state index contributed by atoms with van der Waals surface area (Å²) in [5.41, 5.74) is 4.00. The standard InChI is InChI=1S/C47H57ClN2O9/c1-3-22-50(46(54)55-26-21-48)43-30-41(49-57-32-33-13-6-5-7-14-33)39-28-35(16-8-10-23-51)38(18-9-11-24-52)44-40-29-37(58-36-17-12-15-34(27-36)31-53)19-20-42(40)59-47(43,45(39)44)56-25-4-2/h4-7,12-15,17,19-20,27-29,31,35,38,43-45,51-52H,2-3,8-11,16,18,21-26,30,32H2,1H3/t35-,38+,43-,44+,45+,47+/m0/s1. The topological polar surface area (TPSA) is 136 Å². The lowest BCUT2D eigenvalue weighted by atomic mass is 9.55. The minimum Gasteiger partial charge on any atom is -0.459 e. The summed E-state index contributed by atoms with van der Waals surface area (Å²) in [7, 11) is 0. The fourth-order valence-corrected chi connectivity index (χ4v) is 9.16. The number of ether oxygens (including phenoxy) is 4. The summed E-state index contributed by atoms with van der Waals surface area (Å²) in [5, 5.41) is 24.7. The lowest BCUT2D eigenvalue weighted by molar-refractivity contribution is -0.255. The lowest BCUT2D eigenvalue weighted by Gasteiger charge is -2.59. The number of carbonyl (C=O) groups excluding carboxylic acids is 2. The Hall–Kier alpha value is -4.68. The zero-order valence-corrected chi connectivity index (χ0v) is 34.6. The number of alkyl halides is 1. The highest BCUT2D eigenvalue weighted by molar-refractivity contribution is 6.18. The number of allylic oxidation sites excluding steroid dienone is 1. The molecule has 3 aromatic carbocycles. The quantitative estimate of drug-likeness (QED) is 0.0334. The number of fused-ring (bicyclic) bond motifs is 2. The minimum atomic E-state index is -1.42. The molecular weight excluding hydrogens is 772 g/mol. The zero-order chi connectivity index (χ0) is 41.6. The molecule has 0 aromatic heterocycles. The van der Waals surface area contributed by atoms with Gasteiger partial charge in [-0.2, -0.15) is 0 Å². The Kier molecular flexibility index (Phi) is 16.0. The van der Waals surface area contributed by atoms with Gasteiger partial charge in [0.25, 0.3) is 0 Å². The van der Waals surface area contributed by atoms with E-state index in [1.807, 2.05) is 61.5 Å². The van der Waals surface area contributed by atoms with Gasteiger partial charge in [-0.1, -0.05) is 79.5 Å². The lowest BCUT2D eigenvalue weighted by Crippen LogP contribution is -2.70. The number of aliphatic hydroxyl groups is 2. The zero-order valence-electron chi connectivity index (χ0n) is 33.9. The van der Waals surface area contributed by atoms with Crippen LogP contribution < -0.4 is 9.47 Å². The molecule has 12 heteroatoms. The van der Waals surface area contributed by atoms with Crippen LogP contribution in [0, 0.1) is 17.8 Å². The Morgan fingerprint density at radius 1 is 1.02 bits per heavy atom. The molecule has 3 aliphatic rings. The van der Waals surface area contributed by atoms with Crippen molar-refractivity contribution in [2.45, 2.75) is 82.6 Å². The van der Waals surface area contributed by atoms with Gasteiger partial charge in [0.15, 0.2) is 0 Å². The molecular formula is C47H57ClN2O9. The van der Waals surface area contributed by atoms with E-state index in [1.165, 1.54) is 0 Å². The monoisotopic (exact) mass is 828 g/mol.